The first-order valence-corrected chi connectivity index (χ1v) is 5.88. The Morgan fingerprint density at radius 1 is 1.33 bits per heavy atom. The second-order valence-corrected chi connectivity index (χ2v) is 4.39. The van der Waals surface area contributed by atoms with Crippen molar-refractivity contribution < 1.29 is 13.9 Å². The summed E-state index contributed by atoms with van der Waals surface area (Å²) in [5.41, 5.74) is 1.95. The van der Waals surface area contributed by atoms with E-state index in [4.69, 9.17) is 13.9 Å². The molecule has 0 amide bonds. The Labute approximate surface area is 105 Å². The maximum Gasteiger partial charge on any atom is 0.251 e. The molecule has 5 heteroatoms. The zero-order chi connectivity index (χ0) is 12.5. The zero-order valence-corrected chi connectivity index (χ0v) is 10.3. The Morgan fingerprint density at radius 2 is 2.17 bits per heavy atom. The molecule has 0 unspecified atom stereocenters. The Kier molecular flexibility index (Phi) is 2.76. The molecule has 5 nitrogen and oxygen atoms in total. The molecule has 1 saturated heterocycles. The normalized spacial score (nSPS) is 17.8. The van der Waals surface area contributed by atoms with Gasteiger partial charge in [-0.2, -0.15) is 0 Å². The van der Waals surface area contributed by atoms with E-state index >= 15 is 0 Å². The molecule has 0 aliphatic carbocycles. The third-order valence-corrected chi connectivity index (χ3v) is 2.72. The first-order chi connectivity index (χ1) is 8.72. The molecule has 1 aliphatic heterocycles. The summed E-state index contributed by atoms with van der Waals surface area (Å²) in [5.74, 6) is 1.79. The summed E-state index contributed by atoms with van der Waals surface area (Å²) in [6.07, 6.45) is 0.225. The summed E-state index contributed by atoms with van der Waals surface area (Å²) < 4.78 is 16.3. The van der Waals surface area contributed by atoms with E-state index in [9.17, 15) is 0 Å². The van der Waals surface area contributed by atoms with Crippen molar-refractivity contribution in [2.75, 3.05) is 13.2 Å². The predicted octanol–water partition coefficient (Wildman–Crippen LogP) is 2.13. The van der Waals surface area contributed by atoms with E-state index < -0.39 is 0 Å². The fraction of sp³-hybridized carbons (Fsp3) is 0.385. The third-order valence-electron chi connectivity index (χ3n) is 2.72. The van der Waals surface area contributed by atoms with Crippen LogP contribution in [0, 0.1) is 13.8 Å². The maximum atomic E-state index is 5.75. The predicted molar refractivity (Wildman–Crippen MR) is 64.4 cm³/mol. The first kappa shape index (κ1) is 11.2. The van der Waals surface area contributed by atoms with Gasteiger partial charge in [-0.1, -0.05) is 6.07 Å². The standard InChI is InChI=1S/C13H14N2O3/c1-8-3-4-11(13-15-14-9(2)18-13)12(5-8)17-7-10-6-16-10/h3-5,10H,6-7H2,1-2H3/t10-/m0/s1. The van der Waals surface area contributed by atoms with Gasteiger partial charge in [-0.15, -0.1) is 10.2 Å². The van der Waals surface area contributed by atoms with Crippen LogP contribution in [0.25, 0.3) is 11.5 Å². The van der Waals surface area contributed by atoms with E-state index in [1.54, 1.807) is 6.92 Å². The maximum absolute atomic E-state index is 5.75. The summed E-state index contributed by atoms with van der Waals surface area (Å²) in [7, 11) is 0. The lowest BCUT2D eigenvalue weighted by molar-refractivity contribution is 0.263. The second-order valence-electron chi connectivity index (χ2n) is 4.39. The van der Waals surface area contributed by atoms with Gasteiger partial charge in [-0.3, -0.25) is 0 Å². The lowest BCUT2D eigenvalue weighted by Crippen LogP contribution is -2.05. The van der Waals surface area contributed by atoms with Crippen LogP contribution in [-0.4, -0.2) is 29.5 Å². The van der Waals surface area contributed by atoms with Crippen LogP contribution in [0.2, 0.25) is 0 Å². The van der Waals surface area contributed by atoms with Crippen LogP contribution in [0.1, 0.15) is 11.5 Å². The highest BCUT2D eigenvalue weighted by molar-refractivity contribution is 5.63. The fourth-order valence-electron chi connectivity index (χ4n) is 1.68. The van der Waals surface area contributed by atoms with Gasteiger partial charge in [0.25, 0.3) is 5.89 Å². The van der Waals surface area contributed by atoms with Gasteiger partial charge in [-0.25, -0.2) is 0 Å². The molecule has 3 rings (SSSR count). The molecule has 1 fully saturated rings. The molecule has 0 bridgehead atoms. The average molecular weight is 246 g/mol. The molecule has 0 radical (unpaired) electrons. The number of nitrogens with zero attached hydrogens (tertiary/aromatic N) is 2. The molecule has 1 aromatic heterocycles. The summed E-state index contributed by atoms with van der Waals surface area (Å²) in [6, 6.07) is 5.90. The van der Waals surface area contributed by atoms with Gasteiger partial charge < -0.3 is 13.9 Å². The monoisotopic (exact) mass is 246 g/mol. The second kappa shape index (κ2) is 4.42. The van der Waals surface area contributed by atoms with E-state index in [1.807, 2.05) is 25.1 Å². The zero-order valence-electron chi connectivity index (χ0n) is 10.3. The number of ether oxygens (including phenoxy) is 2. The van der Waals surface area contributed by atoms with Crippen molar-refractivity contribution in [3.8, 4) is 17.2 Å². The number of benzene rings is 1. The number of rotatable bonds is 4. The van der Waals surface area contributed by atoms with Crippen LogP contribution in [0.15, 0.2) is 22.6 Å². The molecule has 1 atom stereocenters. The molecular formula is C13H14N2O3. The Balaban J connectivity index is 1.91. The molecule has 0 N–H and O–H groups in total. The molecule has 94 valence electrons. The smallest absolute Gasteiger partial charge is 0.251 e. The minimum atomic E-state index is 0.225. The van der Waals surface area contributed by atoms with Crippen LogP contribution >= 0.6 is 0 Å². The molecule has 0 saturated carbocycles. The van der Waals surface area contributed by atoms with Gasteiger partial charge in [0.05, 0.1) is 12.2 Å². The van der Waals surface area contributed by atoms with Gasteiger partial charge in [0.1, 0.15) is 18.5 Å². The summed E-state index contributed by atoms with van der Waals surface area (Å²) in [6.45, 7) is 5.12. The van der Waals surface area contributed by atoms with Gasteiger partial charge in [0.15, 0.2) is 0 Å². The van der Waals surface area contributed by atoms with Crippen LogP contribution < -0.4 is 4.74 Å². The Bertz CT molecular complexity index is 561. The Hall–Kier alpha value is -1.88. The van der Waals surface area contributed by atoms with Crippen molar-refractivity contribution >= 4 is 0 Å². The SMILES string of the molecule is Cc1ccc(-c2nnc(C)o2)c(OC[C@@H]2CO2)c1. The number of hydrogen-bond donors (Lipinski definition) is 0. The van der Waals surface area contributed by atoms with Crippen molar-refractivity contribution in [2.45, 2.75) is 20.0 Å². The lowest BCUT2D eigenvalue weighted by Gasteiger charge is -2.09. The van der Waals surface area contributed by atoms with E-state index in [0.29, 0.717) is 18.4 Å². The van der Waals surface area contributed by atoms with Crippen LogP contribution in [0.3, 0.4) is 0 Å². The van der Waals surface area contributed by atoms with Crippen molar-refractivity contribution in [3.63, 3.8) is 0 Å². The fourth-order valence-corrected chi connectivity index (χ4v) is 1.68. The molecule has 0 spiro atoms. The molecule has 2 aromatic rings. The largest absolute Gasteiger partial charge is 0.490 e. The van der Waals surface area contributed by atoms with Crippen LogP contribution in [0.4, 0.5) is 0 Å². The van der Waals surface area contributed by atoms with Crippen molar-refractivity contribution in [3.05, 3.63) is 29.7 Å². The van der Waals surface area contributed by atoms with E-state index in [1.165, 1.54) is 0 Å². The minimum Gasteiger partial charge on any atom is -0.490 e. The first-order valence-electron chi connectivity index (χ1n) is 5.88. The number of epoxide rings is 1. The molecule has 18 heavy (non-hydrogen) atoms. The Morgan fingerprint density at radius 3 is 2.83 bits per heavy atom. The van der Waals surface area contributed by atoms with Gasteiger partial charge >= 0.3 is 0 Å². The quantitative estimate of drug-likeness (QED) is 0.773. The topological polar surface area (TPSA) is 60.7 Å². The van der Waals surface area contributed by atoms with E-state index in [0.717, 1.165) is 23.5 Å². The van der Waals surface area contributed by atoms with Gasteiger partial charge in [0.2, 0.25) is 5.89 Å². The number of aryl methyl sites for hydroxylation is 2. The third kappa shape index (κ3) is 2.36. The van der Waals surface area contributed by atoms with Gasteiger partial charge in [-0.05, 0) is 24.6 Å². The van der Waals surface area contributed by atoms with Crippen molar-refractivity contribution in [1.82, 2.24) is 10.2 Å². The summed E-state index contributed by atoms with van der Waals surface area (Å²) in [5, 5.41) is 7.86. The van der Waals surface area contributed by atoms with Crippen molar-refractivity contribution in [1.29, 1.82) is 0 Å². The molecule has 1 aliphatic rings. The minimum absolute atomic E-state index is 0.225. The van der Waals surface area contributed by atoms with Gasteiger partial charge in [0, 0.05) is 6.92 Å². The van der Waals surface area contributed by atoms with Crippen LogP contribution in [-0.2, 0) is 4.74 Å². The average Bonchev–Trinajstić information content (AvgIpc) is 3.08. The number of aromatic nitrogens is 2. The van der Waals surface area contributed by atoms with Crippen molar-refractivity contribution in [2.24, 2.45) is 0 Å². The van der Waals surface area contributed by atoms with E-state index in [2.05, 4.69) is 10.2 Å². The molecule has 2 heterocycles. The molecule has 1 aromatic carbocycles. The van der Waals surface area contributed by atoms with Crippen LogP contribution in [0.5, 0.6) is 5.75 Å². The molecular weight excluding hydrogens is 232 g/mol. The highest BCUT2D eigenvalue weighted by Crippen LogP contribution is 2.30. The summed E-state index contributed by atoms with van der Waals surface area (Å²) >= 11 is 0. The summed E-state index contributed by atoms with van der Waals surface area (Å²) in [4.78, 5) is 0. The van der Waals surface area contributed by atoms with E-state index in [-0.39, 0.29) is 6.10 Å². The highest BCUT2D eigenvalue weighted by atomic mass is 16.6. The number of hydrogen-bond acceptors (Lipinski definition) is 5. The lowest BCUT2D eigenvalue weighted by atomic mass is 10.1. The highest BCUT2D eigenvalue weighted by Gasteiger charge is 2.24.